The van der Waals surface area contributed by atoms with E-state index in [1.807, 2.05) is 36.4 Å². The normalized spacial score (nSPS) is 10.6. The molecule has 0 aliphatic carbocycles. The largest absolute Gasteiger partial charge is 0.354 e. The van der Waals surface area contributed by atoms with Gasteiger partial charge in [-0.3, -0.25) is 14.2 Å². The zero-order chi connectivity index (χ0) is 13.0. The first kappa shape index (κ1) is 14.4. The van der Waals surface area contributed by atoms with Crippen molar-refractivity contribution in [2.24, 2.45) is 5.92 Å². The number of halogens is 2. The molecule has 0 aliphatic heterocycles. The molecule has 1 aromatic rings. The number of hydrogen-bond donors (Lipinski definition) is 1. The summed E-state index contributed by atoms with van der Waals surface area (Å²) in [5.41, 5.74) is -0.301. The van der Waals surface area contributed by atoms with Gasteiger partial charge in [0.2, 0.25) is 5.91 Å². The van der Waals surface area contributed by atoms with Crippen LogP contribution in [0.25, 0.3) is 0 Å². The minimum Gasteiger partial charge on any atom is -0.354 e. The molecule has 1 heterocycles. The van der Waals surface area contributed by atoms with Crippen LogP contribution >= 0.6 is 34.2 Å². The molecule has 17 heavy (non-hydrogen) atoms. The van der Waals surface area contributed by atoms with Crippen LogP contribution in [-0.4, -0.2) is 22.0 Å². The Morgan fingerprint density at radius 2 is 2.29 bits per heavy atom. The summed E-state index contributed by atoms with van der Waals surface area (Å²) in [4.78, 5) is 27.1. The molecule has 0 aliphatic rings. The summed E-state index contributed by atoms with van der Waals surface area (Å²) < 4.78 is 1.56. The molecule has 0 saturated heterocycles. The first-order valence-electron chi connectivity index (χ1n) is 5.09. The highest BCUT2D eigenvalue weighted by Gasteiger charge is 2.10. The number of aromatic nitrogens is 2. The summed E-state index contributed by atoms with van der Waals surface area (Å²) in [6, 6.07) is 0. The third-order valence-electron chi connectivity index (χ3n) is 1.96. The summed E-state index contributed by atoms with van der Waals surface area (Å²) in [6.07, 6.45) is 1.28. The molecule has 0 saturated carbocycles. The number of hydrogen-bond acceptors (Lipinski definition) is 3. The molecular formula is C10H13ClIN3O2. The lowest BCUT2D eigenvalue weighted by molar-refractivity contribution is -0.121. The van der Waals surface area contributed by atoms with Gasteiger partial charge < -0.3 is 5.32 Å². The fourth-order valence-electron chi connectivity index (χ4n) is 1.09. The van der Waals surface area contributed by atoms with E-state index in [4.69, 9.17) is 11.6 Å². The van der Waals surface area contributed by atoms with Crippen molar-refractivity contribution in [2.45, 2.75) is 20.4 Å². The Labute approximate surface area is 118 Å². The number of carbonyl (C=O) groups is 1. The summed E-state index contributed by atoms with van der Waals surface area (Å²) in [5, 5.41) is 2.89. The molecule has 1 aromatic heterocycles. The van der Waals surface area contributed by atoms with Gasteiger partial charge in [-0.15, -0.1) is 0 Å². The highest BCUT2D eigenvalue weighted by atomic mass is 127. The van der Waals surface area contributed by atoms with E-state index in [-0.39, 0.29) is 23.2 Å². The average Bonchev–Trinajstić information content (AvgIpc) is 2.27. The van der Waals surface area contributed by atoms with Gasteiger partial charge in [0.1, 0.15) is 15.3 Å². The van der Waals surface area contributed by atoms with E-state index in [0.717, 1.165) is 0 Å². The van der Waals surface area contributed by atoms with Gasteiger partial charge in [0, 0.05) is 6.54 Å². The van der Waals surface area contributed by atoms with Crippen LogP contribution in [-0.2, 0) is 11.3 Å². The lowest BCUT2D eigenvalue weighted by Crippen LogP contribution is -2.35. The Hall–Kier alpha value is -0.630. The Morgan fingerprint density at radius 1 is 1.65 bits per heavy atom. The fraction of sp³-hybridized carbons (Fsp3) is 0.500. The highest BCUT2D eigenvalue weighted by Crippen LogP contribution is 2.09. The Kier molecular flexibility index (Phi) is 5.38. The fourth-order valence-corrected chi connectivity index (χ4v) is 1.66. The van der Waals surface area contributed by atoms with E-state index in [9.17, 15) is 9.59 Å². The van der Waals surface area contributed by atoms with Crippen molar-refractivity contribution in [2.75, 3.05) is 6.54 Å². The molecule has 0 radical (unpaired) electrons. The second-order valence-corrected chi connectivity index (χ2v) is 5.42. The van der Waals surface area contributed by atoms with Gasteiger partial charge in [-0.1, -0.05) is 25.4 Å². The van der Waals surface area contributed by atoms with Crippen molar-refractivity contribution in [3.63, 3.8) is 0 Å². The zero-order valence-corrected chi connectivity index (χ0v) is 12.4. The molecule has 7 heteroatoms. The van der Waals surface area contributed by atoms with Crippen LogP contribution in [0.4, 0.5) is 0 Å². The van der Waals surface area contributed by atoms with Gasteiger partial charge in [-0.05, 0) is 28.5 Å². The average molecular weight is 370 g/mol. The first-order chi connectivity index (χ1) is 7.91. The number of nitrogens with one attached hydrogen (secondary N) is 1. The molecule has 5 nitrogen and oxygen atoms in total. The van der Waals surface area contributed by atoms with Gasteiger partial charge in [0.05, 0.1) is 6.33 Å². The smallest absolute Gasteiger partial charge is 0.268 e. The van der Waals surface area contributed by atoms with Crippen molar-refractivity contribution < 1.29 is 4.79 Å². The van der Waals surface area contributed by atoms with Crippen LogP contribution < -0.4 is 10.9 Å². The standard InChI is InChI=1S/C10H13ClIN3O2/c1-6(2)3-13-7(16)4-15-5-14-9(11)8(12)10(15)17/h5-6H,3-4H2,1-2H3,(H,13,16). The van der Waals surface area contributed by atoms with Gasteiger partial charge >= 0.3 is 0 Å². The highest BCUT2D eigenvalue weighted by molar-refractivity contribution is 14.1. The van der Waals surface area contributed by atoms with Crippen LogP contribution in [0.15, 0.2) is 11.1 Å². The number of nitrogens with zero attached hydrogens (tertiary/aromatic N) is 2. The second-order valence-electron chi connectivity index (χ2n) is 3.98. The minimum absolute atomic E-state index is 0.0360. The zero-order valence-electron chi connectivity index (χ0n) is 9.54. The topological polar surface area (TPSA) is 64.0 Å². The van der Waals surface area contributed by atoms with Crippen LogP contribution in [0.3, 0.4) is 0 Å². The van der Waals surface area contributed by atoms with Gasteiger partial charge in [0.25, 0.3) is 5.56 Å². The predicted octanol–water partition coefficient (Wildman–Crippen LogP) is 1.27. The third-order valence-corrected chi connectivity index (χ3v) is 3.54. The van der Waals surface area contributed by atoms with E-state index in [0.29, 0.717) is 16.0 Å². The molecule has 0 spiro atoms. The molecule has 1 amide bonds. The van der Waals surface area contributed by atoms with E-state index < -0.39 is 0 Å². The monoisotopic (exact) mass is 369 g/mol. The summed E-state index contributed by atoms with van der Waals surface area (Å²) in [6.45, 7) is 4.55. The van der Waals surface area contributed by atoms with Crippen molar-refractivity contribution >= 4 is 40.1 Å². The van der Waals surface area contributed by atoms with Gasteiger partial charge in [0.15, 0.2) is 0 Å². The molecule has 1 N–H and O–H groups in total. The molecule has 0 unspecified atom stereocenters. The quantitative estimate of drug-likeness (QED) is 0.642. The molecule has 0 bridgehead atoms. The van der Waals surface area contributed by atoms with Crippen LogP contribution in [0, 0.1) is 9.49 Å². The first-order valence-corrected chi connectivity index (χ1v) is 6.54. The van der Waals surface area contributed by atoms with Crippen LogP contribution in [0.2, 0.25) is 5.15 Å². The Bertz CT molecular complexity index is 473. The molecule has 1 rings (SSSR count). The number of amides is 1. The maximum Gasteiger partial charge on any atom is 0.268 e. The van der Waals surface area contributed by atoms with Gasteiger partial charge in [-0.2, -0.15) is 0 Å². The van der Waals surface area contributed by atoms with Crippen LogP contribution in [0.5, 0.6) is 0 Å². The molecule has 0 fully saturated rings. The Morgan fingerprint density at radius 3 is 2.88 bits per heavy atom. The lowest BCUT2D eigenvalue weighted by atomic mass is 10.2. The van der Waals surface area contributed by atoms with Crippen LogP contribution in [0.1, 0.15) is 13.8 Å². The summed E-state index contributed by atoms with van der Waals surface area (Å²) in [7, 11) is 0. The van der Waals surface area contributed by atoms with Crippen molar-refractivity contribution in [3.8, 4) is 0 Å². The van der Waals surface area contributed by atoms with Crippen molar-refractivity contribution in [1.82, 2.24) is 14.9 Å². The second kappa shape index (κ2) is 6.34. The SMILES string of the molecule is CC(C)CNC(=O)Cn1cnc(Cl)c(I)c1=O. The van der Waals surface area contributed by atoms with E-state index in [1.54, 1.807) is 0 Å². The molecule has 0 aromatic carbocycles. The van der Waals surface area contributed by atoms with Crippen molar-refractivity contribution in [3.05, 3.63) is 25.4 Å². The Balaban J connectivity index is 2.73. The van der Waals surface area contributed by atoms with Gasteiger partial charge in [-0.25, -0.2) is 4.98 Å². The number of carbonyl (C=O) groups excluding carboxylic acids is 1. The molecular weight excluding hydrogens is 356 g/mol. The lowest BCUT2D eigenvalue weighted by Gasteiger charge is -2.09. The van der Waals surface area contributed by atoms with E-state index >= 15 is 0 Å². The van der Waals surface area contributed by atoms with Crippen molar-refractivity contribution in [1.29, 1.82) is 0 Å². The number of rotatable bonds is 4. The third kappa shape index (κ3) is 4.27. The maximum atomic E-state index is 11.7. The predicted molar refractivity (Wildman–Crippen MR) is 74.1 cm³/mol. The summed E-state index contributed by atoms with van der Waals surface area (Å²) in [5.74, 6) is 0.167. The summed E-state index contributed by atoms with van der Waals surface area (Å²) >= 11 is 7.51. The molecule has 94 valence electrons. The minimum atomic E-state index is -0.301. The maximum absolute atomic E-state index is 11.7. The van der Waals surface area contributed by atoms with E-state index in [2.05, 4.69) is 10.3 Å². The molecule has 0 atom stereocenters. The van der Waals surface area contributed by atoms with E-state index in [1.165, 1.54) is 10.9 Å².